The lowest BCUT2D eigenvalue weighted by Gasteiger charge is -2.17. The fourth-order valence-electron chi connectivity index (χ4n) is 1.83. The van der Waals surface area contributed by atoms with Crippen molar-refractivity contribution in [2.75, 3.05) is 26.8 Å². The molecule has 1 unspecified atom stereocenters. The van der Waals surface area contributed by atoms with E-state index < -0.39 is 0 Å². The van der Waals surface area contributed by atoms with Crippen molar-refractivity contribution in [3.05, 3.63) is 0 Å². The number of hydrogen-bond donors (Lipinski definition) is 2. The SMILES string of the molecule is COCCCNC1CNC(C)(C)C1. The Bertz CT molecular complexity index is 148. The molecule has 2 N–H and O–H groups in total. The van der Waals surface area contributed by atoms with Gasteiger partial charge in [0.15, 0.2) is 0 Å². The van der Waals surface area contributed by atoms with Crippen LogP contribution in [0.5, 0.6) is 0 Å². The van der Waals surface area contributed by atoms with E-state index in [0.717, 1.165) is 26.1 Å². The molecule has 1 rings (SSSR count). The minimum absolute atomic E-state index is 0.318. The molecule has 0 aromatic heterocycles. The average Bonchev–Trinajstić information content (AvgIpc) is 2.40. The van der Waals surface area contributed by atoms with Gasteiger partial charge >= 0.3 is 0 Å². The fourth-order valence-corrected chi connectivity index (χ4v) is 1.83. The molecule has 0 radical (unpaired) electrons. The van der Waals surface area contributed by atoms with Crippen LogP contribution in [0.15, 0.2) is 0 Å². The third-order valence-electron chi connectivity index (χ3n) is 2.54. The molecule has 0 aromatic rings. The predicted molar refractivity (Wildman–Crippen MR) is 55.0 cm³/mol. The Labute approximate surface area is 81.2 Å². The van der Waals surface area contributed by atoms with Gasteiger partial charge in [-0.1, -0.05) is 0 Å². The maximum atomic E-state index is 4.99. The molecule has 1 aliphatic rings. The quantitative estimate of drug-likeness (QED) is 0.622. The summed E-state index contributed by atoms with van der Waals surface area (Å²) in [6.45, 7) is 7.53. The van der Waals surface area contributed by atoms with E-state index in [2.05, 4.69) is 24.5 Å². The van der Waals surface area contributed by atoms with Crippen LogP contribution >= 0.6 is 0 Å². The van der Waals surface area contributed by atoms with Crippen molar-refractivity contribution in [1.29, 1.82) is 0 Å². The third kappa shape index (κ3) is 4.07. The zero-order valence-electron chi connectivity index (χ0n) is 9.02. The Morgan fingerprint density at radius 1 is 1.54 bits per heavy atom. The van der Waals surface area contributed by atoms with Crippen molar-refractivity contribution in [1.82, 2.24) is 10.6 Å². The van der Waals surface area contributed by atoms with Gasteiger partial charge in [0.05, 0.1) is 0 Å². The zero-order valence-corrected chi connectivity index (χ0v) is 9.02. The molecule has 3 nitrogen and oxygen atoms in total. The maximum Gasteiger partial charge on any atom is 0.0474 e. The average molecular weight is 186 g/mol. The van der Waals surface area contributed by atoms with E-state index in [1.165, 1.54) is 6.42 Å². The van der Waals surface area contributed by atoms with Gasteiger partial charge in [-0.05, 0) is 33.2 Å². The van der Waals surface area contributed by atoms with Gasteiger partial charge in [0.1, 0.15) is 0 Å². The second kappa shape index (κ2) is 4.94. The van der Waals surface area contributed by atoms with Crippen molar-refractivity contribution < 1.29 is 4.74 Å². The third-order valence-corrected chi connectivity index (χ3v) is 2.54. The summed E-state index contributed by atoms with van der Waals surface area (Å²) in [6, 6.07) is 0.645. The molecule has 78 valence electrons. The fraction of sp³-hybridized carbons (Fsp3) is 1.00. The lowest BCUT2D eigenvalue weighted by atomic mass is 10.0. The smallest absolute Gasteiger partial charge is 0.0474 e. The highest BCUT2D eigenvalue weighted by atomic mass is 16.5. The molecule has 0 bridgehead atoms. The van der Waals surface area contributed by atoms with Gasteiger partial charge in [0.25, 0.3) is 0 Å². The first kappa shape index (κ1) is 11.0. The minimum Gasteiger partial charge on any atom is -0.385 e. The Morgan fingerprint density at radius 3 is 2.85 bits per heavy atom. The molecule has 0 aliphatic carbocycles. The van der Waals surface area contributed by atoms with Gasteiger partial charge in [-0.3, -0.25) is 0 Å². The summed E-state index contributed by atoms with van der Waals surface area (Å²) in [6.07, 6.45) is 2.33. The minimum atomic E-state index is 0.318. The maximum absolute atomic E-state index is 4.99. The second-order valence-corrected chi connectivity index (χ2v) is 4.47. The molecule has 3 heteroatoms. The van der Waals surface area contributed by atoms with Gasteiger partial charge < -0.3 is 15.4 Å². The number of nitrogens with one attached hydrogen (secondary N) is 2. The van der Waals surface area contributed by atoms with Crippen LogP contribution in [0.2, 0.25) is 0 Å². The highest BCUT2D eigenvalue weighted by Gasteiger charge is 2.29. The van der Waals surface area contributed by atoms with Crippen LogP contribution in [0.3, 0.4) is 0 Å². The van der Waals surface area contributed by atoms with Crippen LogP contribution in [-0.2, 0) is 4.74 Å². The molecule has 0 amide bonds. The molecule has 0 saturated carbocycles. The van der Waals surface area contributed by atoms with Gasteiger partial charge in [-0.15, -0.1) is 0 Å². The summed E-state index contributed by atoms with van der Waals surface area (Å²) in [5.74, 6) is 0. The second-order valence-electron chi connectivity index (χ2n) is 4.47. The molecule has 1 atom stereocenters. The number of hydrogen-bond acceptors (Lipinski definition) is 3. The largest absolute Gasteiger partial charge is 0.385 e. The summed E-state index contributed by atoms with van der Waals surface area (Å²) in [7, 11) is 1.75. The Hall–Kier alpha value is -0.120. The molecular weight excluding hydrogens is 164 g/mol. The molecule has 1 aliphatic heterocycles. The Balaban J connectivity index is 2.04. The van der Waals surface area contributed by atoms with Gasteiger partial charge in [0, 0.05) is 31.8 Å². The van der Waals surface area contributed by atoms with Crippen LogP contribution in [0.4, 0.5) is 0 Å². The standard InChI is InChI=1S/C10H22N2O/c1-10(2)7-9(8-12-10)11-5-4-6-13-3/h9,11-12H,4-8H2,1-3H3. The van der Waals surface area contributed by atoms with E-state index in [1.807, 2.05) is 0 Å². The molecule has 0 aromatic carbocycles. The van der Waals surface area contributed by atoms with Crippen LogP contribution in [0.1, 0.15) is 26.7 Å². The van der Waals surface area contributed by atoms with Crippen molar-refractivity contribution in [3.8, 4) is 0 Å². The summed E-state index contributed by atoms with van der Waals surface area (Å²) in [5, 5.41) is 7.02. The van der Waals surface area contributed by atoms with E-state index >= 15 is 0 Å². The van der Waals surface area contributed by atoms with Crippen LogP contribution < -0.4 is 10.6 Å². The monoisotopic (exact) mass is 186 g/mol. The Morgan fingerprint density at radius 2 is 2.31 bits per heavy atom. The first-order valence-corrected chi connectivity index (χ1v) is 5.11. The van der Waals surface area contributed by atoms with Crippen LogP contribution in [0.25, 0.3) is 0 Å². The first-order valence-electron chi connectivity index (χ1n) is 5.11. The zero-order chi connectivity index (χ0) is 9.73. The molecule has 1 heterocycles. The van der Waals surface area contributed by atoms with E-state index in [1.54, 1.807) is 7.11 Å². The molecule has 1 fully saturated rings. The van der Waals surface area contributed by atoms with Crippen molar-refractivity contribution in [3.63, 3.8) is 0 Å². The highest BCUT2D eigenvalue weighted by Crippen LogP contribution is 2.17. The highest BCUT2D eigenvalue weighted by molar-refractivity contribution is 4.92. The van der Waals surface area contributed by atoms with Crippen LogP contribution in [-0.4, -0.2) is 38.4 Å². The Kier molecular flexibility index (Phi) is 4.16. The predicted octanol–water partition coefficient (Wildman–Crippen LogP) is 0.753. The van der Waals surface area contributed by atoms with Crippen molar-refractivity contribution in [2.24, 2.45) is 0 Å². The van der Waals surface area contributed by atoms with Crippen LogP contribution in [0, 0.1) is 0 Å². The number of ether oxygens (including phenoxy) is 1. The first-order chi connectivity index (χ1) is 6.14. The molecule has 13 heavy (non-hydrogen) atoms. The summed E-state index contributed by atoms with van der Waals surface area (Å²) in [4.78, 5) is 0. The molecule has 0 spiro atoms. The van der Waals surface area contributed by atoms with Crippen molar-refractivity contribution in [2.45, 2.75) is 38.3 Å². The molecule has 1 saturated heterocycles. The van der Waals surface area contributed by atoms with Gasteiger partial charge in [-0.25, -0.2) is 0 Å². The van der Waals surface area contributed by atoms with Gasteiger partial charge in [0.2, 0.25) is 0 Å². The summed E-state index contributed by atoms with van der Waals surface area (Å²) in [5.41, 5.74) is 0.318. The summed E-state index contributed by atoms with van der Waals surface area (Å²) < 4.78 is 4.99. The topological polar surface area (TPSA) is 33.3 Å². The number of rotatable bonds is 5. The number of methoxy groups -OCH3 is 1. The van der Waals surface area contributed by atoms with E-state index in [4.69, 9.17) is 4.74 Å². The lowest BCUT2D eigenvalue weighted by molar-refractivity contribution is 0.193. The molecular formula is C10H22N2O. The normalized spacial score (nSPS) is 26.5. The van der Waals surface area contributed by atoms with Gasteiger partial charge in [-0.2, -0.15) is 0 Å². The van der Waals surface area contributed by atoms with Crippen molar-refractivity contribution >= 4 is 0 Å². The summed E-state index contributed by atoms with van der Waals surface area (Å²) >= 11 is 0. The van der Waals surface area contributed by atoms with E-state index in [0.29, 0.717) is 11.6 Å². The van der Waals surface area contributed by atoms with E-state index in [-0.39, 0.29) is 0 Å². The lowest BCUT2D eigenvalue weighted by Crippen LogP contribution is -2.32. The van der Waals surface area contributed by atoms with E-state index in [9.17, 15) is 0 Å².